The molecule has 2 aromatic carbocycles. The van der Waals surface area contributed by atoms with Crippen LogP contribution in [-0.2, 0) is 20.2 Å². The molecule has 0 saturated heterocycles. The van der Waals surface area contributed by atoms with Crippen LogP contribution in [0.5, 0.6) is 5.75 Å². The van der Waals surface area contributed by atoms with E-state index in [1.165, 1.54) is 37.4 Å². The van der Waals surface area contributed by atoms with Gasteiger partial charge < -0.3 is 15.4 Å². The zero-order chi connectivity index (χ0) is 22.5. The van der Waals surface area contributed by atoms with Gasteiger partial charge >= 0.3 is 0 Å². The first kappa shape index (κ1) is 24.0. The van der Waals surface area contributed by atoms with Crippen LogP contribution >= 0.6 is 24.0 Å². The van der Waals surface area contributed by atoms with E-state index in [2.05, 4.69) is 10.6 Å². The Balaban J connectivity index is 2.01. The lowest BCUT2D eigenvalue weighted by Crippen LogP contribution is -2.40. The monoisotopic (exact) mass is 473 g/mol. The second-order valence-corrected chi connectivity index (χ2v) is 9.31. The summed E-state index contributed by atoms with van der Waals surface area (Å²) in [5.74, 6) is -0.608. The number of sulfonamides is 1. The van der Waals surface area contributed by atoms with Gasteiger partial charge in [-0.1, -0.05) is 12.1 Å². The summed E-state index contributed by atoms with van der Waals surface area (Å²) < 4.78 is 43.5. The molecule has 11 heteroatoms. The average Bonchev–Trinajstić information content (AvgIpc) is 2.73. The number of methoxy groups -OCH3 is 1. The van der Waals surface area contributed by atoms with Gasteiger partial charge in [0.15, 0.2) is 22.5 Å². The topological polar surface area (TPSA) is 96.5 Å². The number of carbonyl (C=O) groups excluding carboxylic acids is 1. The lowest BCUT2D eigenvalue weighted by molar-refractivity contribution is -0.122. The normalized spacial score (nSPS) is 11.6. The summed E-state index contributed by atoms with van der Waals surface area (Å²) >= 11 is 10.4. The van der Waals surface area contributed by atoms with Crippen LogP contribution in [0.1, 0.15) is 19.4 Å². The highest BCUT2D eigenvalue weighted by molar-refractivity contribution is 7.90. The maximum atomic E-state index is 13.5. The molecular weight excluding hydrogens is 453 g/mol. The van der Waals surface area contributed by atoms with Crippen molar-refractivity contribution in [2.75, 3.05) is 19.0 Å². The van der Waals surface area contributed by atoms with Gasteiger partial charge in [0.05, 0.1) is 24.0 Å². The van der Waals surface area contributed by atoms with Crippen LogP contribution in [0.15, 0.2) is 47.4 Å². The number of hydrogen-bond acceptors (Lipinski definition) is 5. The van der Waals surface area contributed by atoms with E-state index in [0.29, 0.717) is 11.3 Å². The summed E-state index contributed by atoms with van der Waals surface area (Å²) in [4.78, 5) is 12.7. The van der Waals surface area contributed by atoms with E-state index in [0.717, 1.165) is 0 Å². The molecule has 0 aromatic heterocycles. The van der Waals surface area contributed by atoms with Gasteiger partial charge in [-0.3, -0.25) is 4.79 Å². The van der Waals surface area contributed by atoms with Crippen molar-refractivity contribution in [3.63, 3.8) is 0 Å². The Morgan fingerprint density at radius 3 is 2.40 bits per heavy atom. The summed E-state index contributed by atoms with van der Waals surface area (Å²) in [7, 11) is -2.42. The molecular formula is C19H21ClFN3O4S2. The van der Waals surface area contributed by atoms with Crippen molar-refractivity contribution < 1.29 is 22.3 Å². The number of anilines is 1. The predicted octanol–water partition coefficient (Wildman–Crippen LogP) is 3.10. The highest BCUT2D eigenvalue weighted by Gasteiger charge is 2.29. The SMILES string of the molecule is COc1cc(NC(=S)NCC(=O)C(C)(C)c2ccc(S(=O)(=O)NCl)cc2)ccc1F. The Morgan fingerprint density at radius 1 is 1.20 bits per heavy atom. The molecule has 0 radical (unpaired) electrons. The Morgan fingerprint density at radius 2 is 1.83 bits per heavy atom. The first-order valence-corrected chi connectivity index (χ1v) is 10.9. The third kappa shape index (κ3) is 5.66. The van der Waals surface area contributed by atoms with Gasteiger partial charge in [0.25, 0.3) is 10.0 Å². The molecule has 0 unspecified atom stereocenters. The van der Waals surface area contributed by atoms with E-state index in [4.69, 9.17) is 28.7 Å². The van der Waals surface area contributed by atoms with Crippen molar-refractivity contribution in [1.29, 1.82) is 0 Å². The Labute approximate surface area is 185 Å². The van der Waals surface area contributed by atoms with Crippen LogP contribution in [-0.4, -0.2) is 33.0 Å². The maximum Gasteiger partial charge on any atom is 0.253 e. The third-order valence-corrected chi connectivity index (χ3v) is 6.46. The zero-order valence-electron chi connectivity index (χ0n) is 16.5. The lowest BCUT2D eigenvalue weighted by atomic mass is 9.80. The highest BCUT2D eigenvalue weighted by atomic mass is 35.5. The number of thiocarbonyl (C=S) groups is 1. The second kappa shape index (κ2) is 9.69. The maximum absolute atomic E-state index is 13.5. The fourth-order valence-corrected chi connectivity index (χ4v) is 3.59. The summed E-state index contributed by atoms with van der Waals surface area (Å²) in [5.41, 5.74) is 0.227. The van der Waals surface area contributed by atoms with Gasteiger partial charge in [0.2, 0.25) is 0 Å². The predicted molar refractivity (Wildman–Crippen MR) is 118 cm³/mol. The van der Waals surface area contributed by atoms with Gasteiger partial charge in [-0.15, -0.1) is 4.24 Å². The second-order valence-electron chi connectivity index (χ2n) is 6.81. The fraction of sp³-hybridized carbons (Fsp3) is 0.263. The standard InChI is InChI=1S/C19H21ClFN3O4S2/c1-19(2,12-4-7-14(8-5-12)30(26,27)24-20)17(25)11-22-18(29)23-13-6-9-15(21)16(10-13)28-3/h4-10,24H,11H2,1-3H3,(H2,22,23,29). The van der Waals surface area contributed by atoms with Gasteiger partial charge in [0.1, 0.15) is 0 Å². The van der Waals surface area contributed by atoms with Crippen molar-refractivity contribution in [2.24, 2.45) is 0 Å². The number of ether oxygens (including phenoxy) is 1. The molecule has 0 aliphatic heterocycles. The quantitative estimate of drug-likeness (QED) is 0.400. The number of rotatable bonds is 8. The van der Waals surface area contributed by atoms with Crippen molar-refractivity contribution >= 4 is 50.6 Å². The largest absolute Gasteiger partial charge is 0.494 e. The van der Waals surface area contributed by atoms with E-state index >= 15 is 0 Å². The van der Waals surface area contributed by atoms with E-state index in [-0.39, 0.29) is 28.1 Å². The first-order valence-electron chi connectivity index (χ1n) is 8.66. The molecule has 0 amide bonds. The van der Waals surface area contributed by atoms with Gasteiger partial charge in [-0.2, -0.15) is 0 Å². The number of benzene rings is 2. The molecule has 0 fully saturated rings. The molecule has 0 atom stereocenters. The Hall–Kier alpha value is -2.27. The molecule has 0 spiro atoms. The van der Waals surface area contributed by atoms with Crippen molar-refractivity contribution in [3.05, 3.63) is 53.8 Å². The summed E-state index contributed by atoms with van der Waals surface area (Å²) in [6.45, 7) is 3.38. The smallest absolute Gasteiger partial charge is 0.253 e. The Kier molecular flexibility index (Phi) is 7.75. The van der Waals surface area contributed by atoms with E-state index in [1.54, 1.807) is 30.2 Å². The molecule has 7 nitrogen and oxygen atoms in total. The van der Waals surface area contributed by atoms with Gasteiger partial charge in [0, 0.05) is 11.8 Å². The van der Waals surface area contributed by atoms with Crippen LogP contribution in [0.4, 0.5) is 10.1 Å². The first-order chi connectivity index (χ1) is 14.0. The molecule has 0 bridgehead atoms. The molecule has 0 saturated carbocycles. The fourth-order valence-electron chi connectivity index (χ4n) is 2.55. The lowest BCUT2D eigenvalue weighted by Gasteiger charge is -2.24. The minimum atomic E-state index is -3.78. The summed E-state index contributed by atoms with van der Waals surface area (Å²) in [5, 5.41) is 5.86. The van der Waals surface area contributed by atoms with E-state index < -0.39 is 21.3 Å². The van der Waals surface area contributed by atoms with E-state index in [9.17, 15) is 17.6 Å². The number of nitrogens with one attached hydrogen (secondary N) is 3. The summed E-state index contributed by atoms with van der Waals surface area (Å²) in [6, 6.07) is 10.0. The van der Waals surface area contributed by atoms with Crippen LogP contribution in [0.3, 0.4) is 0 Å². The van der Waals surface area contributed by atoms with E-state index in [1.807, 2.05) is 0 Å². The molecule has 2 rings (SSSR count). The number of Topliss-reactive ketones (excluding diaryl/α,β-unsaturated/α-hetero) is 1. The number of ketones is 1. The van der Waals surface area contributed by atoms with Crippen LogP contribution in [0, 0.1) is 5.82 Å². The molecule has 162 valence electrons. The summed E-state index contributed by atoms with van der Waals surface area (Å²) in [6.07, 6.45) is 0. The molecule has 30 heavy (non-hydrogen) atoms. The average molecular weight is 474 g/mol. The van der Waals surface area contributed by atoms with Crippen LogP contribution in [0.25, 0.3) is 0 Å². The van der Waals surface area contributed by atoms with Crippen LogP contribution in [0.2, 0.25) is 0 Å². The molecule has 0 heterocycles. The Bertz CT molecular complexity index is 1040. The molecule has 0 aliphatic rings. The zero-order valence-corrected chi connectivity index (χ0v) is 18.8. The van der Waals surface area contributed by atoms with Gasteiger partial charge in [-0.25, -0.2) is 12.8 Å². The molecule has 0 aliphatic carbocycles. The third-order valence-electron chi connectivity index (χ3n) is 4.50. The van der Waals surface area contributed by atoms with Crippen molar-refractivity contribution in [3.8, 4) is 5.75 Å². The van der Waals surface area contributed by atoms with Crippen molar-refractivity contribution in [1.82, 2.24) is 9.56 Å². The minimum Gasteiger partial charge on any atom is -0.494 e. The minimum absolute atomic E-state index is 0.0114. The van der Waals surface area contributed by atoms with Crippen LogP contribution < -0.4 is 19.6 Å². The molecule has 3 N–H and O–H groups in total. The highest BCUT2D eigenvalue weighted by Crippen LogP contribution is 2.26. The molecule has 2 aromatic rings. The number of hydrogen-bond donors (Lipinski definition) is 3. The van der Waals surface area contributed by atoms with Gasteiger partial charge in [-0.05, 0) is 67.7 Å². The number of halogens is 2. The number of carbonyl (C=O) groups is 1. The van der Waals surface area contributed by atoms with Crippen molar-refractivity contribution in [2.45, 2.75) is 24.2 Å².